The van der Waals surface area contributed by atoms with Crippen molar-refractivity contribution in [2.75, 3.05) is 0 Å². The van der Waals surface area contributed by atoms with Gasteiger partial charge in [0.25, 0.3) is 0 Å². The lowest BCUT2D eigenvalue weighted by atomic mass is 9.43. The molecule has 10 aliphatic rings. The standard InChI is InChI=1S/C29H50O2.C29H48O2/c2*1-5-28(30)18-17-26(3)21(19-28)7-8-22-24-10-9-23(27(24,4)15-12-25(22)26)20(2)11-16-29(31)13-6-14-29/h20-25,30-31H,5-19H2,1-4H3;7,20,22-25,30-31H,5-6,8-19H2,1-4H3/t20-,21+,22+,23-,24+,25+,26+,27-,28+;20-,22+,23-,24+,25+,26+,27-,28+/m11/s1. The fourth-order valence-electron chi connectivity index (χ4n) is 19.7. The van der Waals surface area contributed by atoms with Crippen LogP contribution < -0.4 is 0 Å². The summed E-state index contributed by atoms with van der Waals surface area (Å²) in [5.74, 6) is 9.29. The maximum atomic E-state index is 11.0. The summed E-state index contributed by atoms with van der Waals surface area (Å²) in [6, 6.07) is 0. The molecule has 0 aliphatic heterocycles. The number of rotatable bonds is 10. The van der Waals surface area contributed by atoms with Gasteiger partial charge < -0.3 is 20.4 Å². The van der Waals surface area contributed by atoms with E-state index in [0.29, 0.717) is 21.7 Å². The van der Waals surface area contributed by atoms with E-state index in [9.17, 15) is 20.4 Å². The monoisotopic (exact) mass is 859 g/mol. The van der Waals surface area contributed by atoms with Crippen LogP contribution in [-0.2, 0) is 0 Å². The number of aliphatic hydroxyl groups is 4. The molecule has 0 unspecified atom stereocenters. The molecular formula is C58H98O4. The van der Waals surface area contributed by atoms with Crippen LogP contribution in [0.2, 0.25) is 0 Å². The summed E-state index contributed by atoms with van der Waals surface area (Å²) < 4.78 is 0. The average Bonchev–Trinajstić information content (AvgIpc) is 3.78. The van der Waals surface area contributed by atoms with Crippen molar-refractivity contribution < 1.29 is 20.4 Å². The first-order valence-corrected chi connectivity index (χ1v) is 27.8. The van der Waals surface area contributed by atoms with Crippen LogP contribution in [0.4, 0.5) is 0 Å². The lowest BCUT2D eigenvalue weighted by molar-refractivity contribution is -0.153. The third-order valence-corrected chi connectivity index (χ3v) is 24.6. The Kier molecular flexibility index (Phi) is 12.6. The van der Waals surface area contributed by atoms with E-state index in [0.717, 1.165) is 142 Å². The van der Waals surface area contributed by atoms with Crippen LogP contribution in [0.5, 0.6) is 0 Å². The molecule has 4 nitrogen and oxygen atoms in total. The predicted molar refractivity (Wildman–Crippen MR) is 255 cm³/mol. The van der Waals surface area contributed by atoms with E-state index < -0.39 is 5.60 Å². The summed E-state index contributed by atoms with van der Waals surface area (Å²) in [5.41, 5.74) is 2.01. The molecule has 62 heavy (non-hydrogen) atoms. The van der Waals surface area contributed by atoms with Crippen LogP contribution >= 0.6 is 0 Å². The average molecular weight is 859 g/mol. The van der Waals surface area contributed by atoms with Gasteiger partial charge in [0.05, 0.1) is 22.4 Å². The minimum Gasteiger partial charge on any atom is -0.390 e. The van der Waals surface area contributed by atoms with Gasteiger partial charge in [0.1, 0.15) is 0 Å². The lowest BCUT2D eigenvalue weighted by Gasteiger charge is -2.62. The highest BCUT2D eigenvalue weighted by Gasteiger charge is 2.63. The largest absolute Gasteiger partial charge is 0.390 e. The van der Waals surface area contributed by atoms with Gasteiger partial charge in [0.15, 0.2) is 0 Å². The molecule has 9 fully saturated rings. The molecule has 0 aromatic carbocycles. The smallest absolute Gasteiger partial charge is 0.0682 e. The third kappa shape index (κ3) is 7.83. The molecule has 0 spiro atoms. The molecule has 354 valence electrons. The zero-order chi connectivity index (χ0) is 44.1. The van der Waals surface area contributed by atoms with Crippen LogP contribution in [0.15, 0.2) is 11.6 Å². The number of hydrogen-bond donors (Lipinski definition) is 4. The Hall–Kier alpha value is -0.420. The van der Waals surface area contributed by atoms with Crippen molar-refractivity contribution in [1.29, 1.82) is 0 Å². The van der Waals surface area contributed by atoms with Crippen molar-refractivity contribution in [2.45, 2.75) is 264 Å². The molecule has 4 N–H and O–H groups in total. The van der Waals surface area contributed by atoms with Crippen molar-refractivity contribution in [3.63, 3.8) is 0 Å². The molecule has 10 rings (SSSR count). The van der Waals surface area contributed by atoms with Crippen LogP contribution in [0.25, 0.3) is 0 Å². The molecule has 10 aliphatic carbocycles. The van der Waals surface area contributed by atoms with Gasteiger partial charge in [-0.15, -0.1) is 0 Å². The van der Waals surface area contributed by atoms with Crippen LogP contribution in [0.1, 0.15) is 242 Å². The van der Waals surface area contributed by atoms with Crippen LogP contribution in [0.3, 0.4) is 0 Å². The quantitative estimate of drug-likeness (QED) is 0.165. The molecule has 0 aromatic heterocycles. The normalized spacial score (nSPS) is 50.6. The Labute approximate surface area is 381 Å². The first-order valence-electron chi connectivity index (χ1n) is 27.8. The Bertz CT molecular complexity index is 1630. The second-order valence-electron chi connectivity index (χ2n) is 27.1. The van der Waals surface area contributed by atoms with Gasteiger partial charge in [0, 0.05) is 0 Å². The molecule has 0 heterocycles. The Balaban J connectivity index is 0.000000158. The topological polar surface area (TPSA) is 80.9 Å². The van der Waals surface area contributed by atoms with E-state index in [4.69, 9.17) is 0 Å². The summed E-state index contributed by atoms with van der Waals surface area (Å²) in [6.45, 7) is 19.9. The van der Waals surface area contributed by atoms with Gasteiger partial charge in [-0.2, -0.15) is 0 Å². The molecule has 17 atom stereocenters. The van der Waals surface area contributed by atoms with E-state index >= 15 is 0 Å². The Morgan fingerprint density at radius 1 is 0.516 bits per heavy atom. The second-order valence-corrected chi connectivity index (χ2v) is 27.1. The van der Waals surface area contributed by atoms with Gasteiger partial charge in [-0.25, -0.2) is 0 Å². The SMILES string of the molecule is CC[C@]1(O)CC[C@@]2(C)C(=CC[C@H]3[C@@H]4CC[C@H]([C@H](C)CCC5(O)CCC5)[C@@]4(C)CC[C@@H]32)C1.CC[C@]1(O)CC[C@@]2(C)[C@@H](CC[C@@H]3[C@@H]2CC[C@]2(C)[C@@H]([C@H](C)CCC4(O)CCC4)CC[C@@H]32)C1. The molecule has 0 radical (unpaired) electrons. The summed E-state index contributed by atoms with van der Waals surface area (Å²) in [6.07, 6.45) is 37.4. The summed E-state index contributed by atoms with van der Waals surface area (Å²) in [5, 5.41) is 43.3. The van der Waals surface area contributed by atoms with Crippen LogP contribution in [-0.4, -0.2) is 42.8 Å². The van der Waals surface area contributed by atoms with Crippen molar-refractivity contribution >= 4 is 0 Å². The van der Waals surface area contributed by atoms with Crippen molar-refractivity contribution in [1.82, 2.24) is 0 Å². The first-order chi connectivity index (χ1) is 29.3. The molecule has 0 bridgehead atoms. The predicted octanol–water partition coefficient (Wildman–Crippen LogP) is 14.2. The maximum Gasteiger partial charge on any atom is 0.0682 e. The van der Waals surface area contributed by atoms with E-state index in [1.807, 2.05) is 0 Å². The zero-order valence-corrected chi connectivity index (χ0v) is 41.7. The number of hydrogen-bond acceptors (Lipinski definition) is 4. The fourth-order valence-corrected chi connectivity index (χ4v) is 19.7. The molecule has 0 amide bonds. The summed E-state index contributed by atoms with van der Waals surface area (Å²) >= 11 is 0. The zero-order valence-electron chi connectivity index (χ0n) is 41.7. The minimum atomic E-state index is -0.445. The number of allylic oxidation sites excluding steroid dienone is 1. The van der Waals surface area contributed by atoms with Gasteiger partial charge in [-0.05, 0) is 273 Å². The number of fused-ring (bicyclic) bond motifs is 10. The Morgan fingerprint density at radius 2 is 1.03 bits per heavy atom. The Morgan fingerprint density at radius 3 is 1.56 bits per heavy atom. The van der Waals surface area contributed by atoms with Gasteiger partial charge in [-0.1, -0.05) is 67.0 Å². The van der Waals surface area contributed by atoms with Gasteiger partial charge in [0.2, 0.25) is 0 Å². The van der Waals surface area contributed by atoms with E-state index in [-0.39, 0.29) is 16.8 Å². The van der Waals surface area contributed by atoms with Gasteiger partial charge >= 0.3 is 0 Å². The second kappa shape index (κ2) is 16.7. The van der Waals surface area contributed by atoms with Crippen LogP contribution in [0, 0.1) is 86.8 Å². The summed E-state index contributed by atoms with van der Waals surface area (Å²) in [4.78, 5) is 0. The minimum absolute atomic E-state index is 0.306. The van der Waals surface area contributed by atoms with Gasteiger partial charge in [-0.3, -0.25) is 0 Å². The van der Waals surface area contributed by atoms with E-state index in [2.05, 4.69) is 61.5 Å². The highest BCUT2D eigenvalue weighted by atomic mass is 16.3. The molecule has 9 saturated carbocycles. The summed E-state index contributed by atoms with van der Waals surface area (Å²) in [7, 11) is 0. The molecule has 0 aromatic rings. The van der Waals surface area contributed by atoms with E-state index in [1.54, 1.807) is 5.57 Å². The molecule has 0 saturated heterocycles. The van der Waals surface area contributed by atoms with Crippen molar-refractivity contribution in [3.8, 4) is 0 Å². The van der Waals surface area contributed by atoms with Crippen molar-refractivity contribution in [2.24, 2.45) is 86.8 Å². The first kappa shape index (κ1) is 46.7. The highest BCUT2D eigenvalue weighted by Crippen LogP contribution is 2.70. The van der Waals surface area contributed by atoms with Crippen molar-refractivity contribution in [3.05, 3.63) is 11.6 Å². The third-order valence-electron chi connectivity index (χ3n) is 24.6. The van der Waals surface area contributed by atoms with E-state index in [1.165, 1.54) is 109 Å². The molecular weight excluding hydrogens is 761 g/mol. The maximum absolute atomic E-state index is 11.0. The fraction of sp³-hybridized carbons (Fsp3) is 0.966. The lowest BCUT2D eigenvalue weighted by Crippen LogP contribution is -2.56. The highest BCUT2D eigenvalue weighted by molar-refractivity contribution is 5.27. The molecule has 4 heteroatoms.